The fourth-order valence-electron chi connectivity index (χ4n) is 3.87. The zero-order valence-corrected chi connectivity index (χ0v) is 21.4. The maximum atomic E-state index is 13.5. The van der Waals surface area contributed by atoms with Gasteiger partial charge < -0.3 is 25.0 Å². The number of nitrogens with two attached hydrogens (primary N) is 1. The number of nitrogens with zero attached hydrogens (tertiary/aromatic N) is 4. The second-order valence-electron chi connectivity index (χ2n) is 8.20. The summed E-state index contributed by atoms with van der Waals surface area (Å²) in [4.78, 5) is 38.1. The first-order valence-electron chi connectivity index (χ1n) is 11.0. The van der Waals surface area contributed by atoms with Crippen molar-refractivity contribution in [3.8, 4) is 5.75 Å². The molecule has 2 amide bonds. The summed E-state index contributed by atoms with van der Waals surface area (Å²) in [6.07, 6.45) is 3.09. The van der Waals surface area contributed by atoms with Gasteiger partial charge in [0.2, 0.25) is 0 Å². The lowest BCUT2D eigenvalue weighted by Crippen LogP contribution is -2.34. The maximum absolute atomic E-state index is 13.5. The van der Waals surface area contributed by atoms with Crippen molar-refractivity contribution in [2.24, 2.45) is 5.73 Å². The Morgan fingerprint density at radius 2 is 2.11 bits per heavy atom. The Kier molecular flexibility index (Phi) is 7.46. The van der Waals surface area contributed by atoms with E-state index in [1.807, 2.05) is 66.9 Å². The molecular weight excluding hydrogens is 486 g/mol. The molecule has 3 heterocycles. The predicted octanol–water partition coefficient (Wildman–Crippen LogP) is 4.14. The molecule has 0 radical (unpaired) electrons. The average molecular weight is 514 g/mol. The molecule has 2 N–H and O–H groups in total. The molecule has 0 aliphatic carbocycles. The quantitative estimate of drug-likeness (QED) is 0.353. The molecule has 4 rings (SSSR count). The van der Waals surface area contributed by atoms with Crippen molar-refractivity contribution in [1.29, 1.82) is 0 Å². The molecule has 0 saturated carbocycles. The highest BCUT2D eigenvalue weighted by atomic mass is 32.2. The van der Waals surface area contributed by atoms with Crippen LogP contribution < -0.4 is 20.3 Å². The molecule has 11 heteroatoms. The number of anilines is 2. The van der Waals surface area contributed by atoms with Crippen LogP contribution in [-0.4, -0.2) is 55.0 Å². The van der Waals surface area contributed by atoms with Crippen LogP contribution in [-0.2, 0) is 10.3 Å². The average Bonchev–Trinajstić information content (AvgIpc) is 3.36. The Bertz CT molecular complexity index is 1210. The molecule has 2 aromatic heterocycles. The number of ether oxygens (including phenoxy) is 2. The molecule has 1 unspecified atom stereocenters. The van der Waals surface area contributed by atoms with E-state index in [0.29, 0.717) is 47.5 Å². The highest BCUT2D eigenvalue weighted by molar-refractivity contribution is 7.98. The number of carbonyl (C=O) groups excluding carboxylic acids is 2. The van der Waals surface area contributed by atoms with E-state index >= 15 is 0 Å². The summed E-state index contributed by atoms with van der Waals surface area (Å²) in [6, 6.07) is 11.4. The number of benzene rings is 1. The van der Waals surface area contributed by atoms with Crippen LogP contribution in [0.3, 0.4) is 0 Å². The van der Waals surface area contributed by atoms with Gasteiger partial charge in [-0.25, -0.2) is 14.8 Å². The Labute approximate surface area is 212 Å². The van der Waals surface area contributed by atoms with Crippen LogP contribution in [0.1, 0.15) is 28.6 Å². The lowest BCUT2D eigenvalue weighted by atomic mass is 10.0. The van der Waals surface area contributed by atoms with E-state index in [4.69, 9.17) is 15.2 Å². The molecule has 0 fully saturated rings. The van der Waals surface area contributed by atoms with E-state index in [-0.39, 0.29) is 12.5 Å². The van der Waals surface area contributed by atoms with Crippen molar-refractivity contribution < 1.29 is 19.1 Å². The molecule has 1 atom stereocenters. The molecule has 0 spiro atoms. The Balaban J connectivity index is 1.61. The van der Waals surface area contributed by atoms with E-state index < -0.39 is 11.7 Å². The first kappa shape index (κ1) is 24.8. The van der Waals surface area contributed by atoms with Gasteiger partial charge in [0.15, 0.2) is 5.16 Å². The van der Waals surface area contributed by atoms with E-state index in [2.05, 4.69) is 9.97 Å². The molecule has 1 aliphatic rings. The number of carbonyl (C=O) groups is 2. The van der Waals surface area contributed by atoms with Crippen LogP contribution in [0.5, 0.6) is 5.75 Å². The van der Waals surface area contributed by atoms with Crippen molar-refractivity contribution >= 4 is 46.6 Å². The Hall–Kier alpha value is -3.31. The summed E-state index contributed by atoms with van der Waals surface area (Å²) < 4.78 is 11.4. The summed E-state index contributed by atoms with van der Waals surface area (Å²) in [7, 11) is 1.92. The van der Waals surface area contributed by atoms with Gasteiger partial charge in [-0.2, -0.15) is 0 Å². The summed E-state index contributed by atoms with van der Waals surface area (Å²) in [5, 5.41) is 2.59. The first-order valence-corrected chi connectivity index (χ1v) is 13.1. The molecule has 1 aromatic carbocycles. The third kappa shape index (κ3) is 5.51. The number of primary amides is 1. The minimum atomic E-state index is -0.820. The fraction of sp³-hybridized carbons (Fsp3) is 0.333. The van der Waals surface area contributed by atoms with Gasteiger partial charge in [0, 0.05) is 49.4 Å². The second-order valence-corrected chi connectivity index (χ2v) is 9.92. The number of amides is 2. The minimum Gasteiger partial charge on any atom is -0.482 e. The van der Waals surface area contributed by atoms with Crippen LogP contribution in [0.4, 0.5) is 16.3 Å². The largest absolute Gasteiger partial charge is 0.482 e. The molecule has 0 bridgehead atoms. The van der Waals surface area contributed by atoms with Crippen LogP contribution in [0.25, 0.3) is 0 Å². The van der Waals surface area contributed by atoms with Crippen molar-refractivity contribution in [2.75, 3.05) is 42.8 Å². The smallest absolute Gasteiger partial charge is 0.404 e. The summed E-state index contributed by atoms with van der Waals surface area (Å²) in [5.41, 5.74) is 5.55. The SMILES string of the molecule is CSc1ncc2c(n1)N(C)CCN(c1cccc(OC(C)(CCOC(N)=O)c3cccs3)c1)C2=O. The Morgan fingerprint density at radius 1 is 1.29 bits per heavy atom. The highest BCUT2D eigenvalue weighted by Crippen LogP contribution is 2.36. The summed E-state index contributed by atoms with van der Waals surface area (Å²) in [5.74, 6) is 1.06. The van der Waals surface area contributed by atoms with E-state index in [1.54, 1.807) is 22.4 Å². The van der Waals surface area contributed by atoms with Crippen molar-refractivity contribution in [1.82, 2.24) is 9.97 Å². The second kappa shape index (κ2) is 10.5. The van der Waals surface area contributed by atoms with Gasteiger partial charge in [-0.3, -0.25) is 4.79 Å². The standard InChI is InChI=1S/C24H27N5O4S2/c1-24(9-12-32-22(25)31,19-8-5-13-35-19)33-17-7-4-6-16(14-17)29-11-10-28(2)20-18(21(29)30)15-26-23(27-20)34-3/h4-8,13-15H,9-12H2,1-3H3,(H2,25,31). The number of likely N-dealkylation sites (N-methyl/N-ethyl adjacent to an activating group) is 1. The van der Waals surface area contributed by atoms with E-state index in [1.165, 1.54) is 11.8 Å². The predicted molar refractivity (Wildman–Crippen MR) is 138 cm³/mol. The number of thiophene rings is 1. The van der Waals surface area contributed by atoms with Crippen molar-refractivity contribution in [3.05, 3.63) is 58.4 Å². The molecule has 1 aliphatic heterocycles. The van der Waals surface area contributed by atoms with Gasteiger partial charge in [0.1, 0.15) is 22.7 Å². The number of hydrogen-bond donors (Lipinski definition) is 1. The minimum absolute atomic E-state index is 0.120. The zero-order chi connectivity index (χ0) is 25.0. The van der Waals surface area contributed by atoms with Gasteiger partial charge in [-0.05, 0) is 36.8 Å². The van der Waals surface area contributed by atoms with Gasteiger partial charge >= 0.3 is 6.09 Å². The van der Waals surface area contributed by atoms with Crippen LogP contribution in [0.2, 0.25) is 0 Å². The number of rotatable bonds is 8. The van der Waals surface area contributed by atoms with Crippen molar-refractivity contribution in [2.45, 2.75) is 24.1 Å². The number of fused-ring (bicyclic) bond motifs is 1. The molecule has 9 nitrogen and oxygen atoms in total. The maximum Gasteiger partial charge on any atom is 0.404 e. The molecule has 3 aromatic rings. The summed E-state index contributed by atoms with van der Waals surface area (Å²) in [6.45, 7) is 3.17. The molecular formula is C24H27N5O4S2. The van der Waals surface area contributed by atoms with Crippen LogP contribution in [0, 0.1) is 0 Å². The number of aromatic nitrogens is 2. The summed E-state index contributed by atoms with van der Waals surface area (Å²) >= 11 is 2.99. The molecule has 0 saturated heterocycles. The molecule has 184 valence electrons. The highest BCUT2D eigenvalue weighted by Gasteiger charge is 2.32. The lowest BCUT2D eigenvalue weighted by Gasteiger charge is -2.30. The normalized spacial score (nSPS) is 15.2. The lowest BCUT2D eigenvalue weighted by molar-refractivity contribution is 0.0530. The van der Waals surface area contributed by atoms with Crippen LogP contribution in [0.15, 0.2) is 53.1 Å². The van der Waals surface area contributed by atoms with Crippen molar-refractivity contribution in [3.63, 3.8) is 0 Å². The Morgan fingerprint density at radius 3 is 2.83 bits per heavy atom. The number of thioether (sulfide) groups is 1. The topological polar surface area (TPSA) is 111 Å². The first-order chi connectivity index (χ1) is 16.8. The van der Waals surface area contributed by atoms with Gasteiger partial charge in [-0.15, -0.1) is 11.3 Å². The van der Waals surface area contributed by atoms with Crippen LogP contribution >= 0.6 is 23.1 Å². The van der Waals surface area contributed by atoms with E-state index in [9.17, 15) is 9.59 Å². The fourth-order valence-corrected chi connectivity index (χ4v) is 5.06. The number of hydrogen-bond acceptors (Lipinski definition) is 9. The zero-order valence-electron chi connectivity index (χ0n) is 19.8. The van der Waals surface area contributed by atoms with Gasteiger partial charge in [-0.1, -0.05) is 23.9 Å². The molecule has 35 heavy (non-hydrogen) atoms. The van der Waals surface area contributed by atoms with Gasteiger partial charge in [0.05, 0.1) is 6.61 Å². The van der Waals surface area contributed by atoms with Gasteiger partial charge in [0.25, 0.3) is 5.91 Å². The third-order valence-corrected chi connectivity index (χ3v) is 7.44. The third-order valence-electron chi connectivity index (χ3n) is 5.76. The monoisotopic (exact) mass is 513 g/mol. The van der Waals surface area contributed by atoms with E-state index in [0.717, 1.165) is 4.88 Å².